The standard InChI is InChI=1S/C12H18N4O5/c1-8(2)4-10(12(18)21-3)14-11(17)7-15-6-9(5-13-15)16(19)20/h5-6,8,10H,4,7H2,1-3H3,(H,14,17). The van der Waals surface area contributed by atoms with Crippen molar-refractivity contribution in [1.82, 2.24) is 15.1 Å². The zero-order valence-corrected chi connectivity index (χ0v) is 12.1. The highest BCUT2D eigenvalue weighted by molar-refractivity contribution is 5.84. The van der Waals surface area contributed by atoms with Crippen LogP contribution in [0.5, 0.6) is 0 Å². The fourth-order valence-corrected chi connectivity index (χ4v) is 1.75. The van der Waals surface area contributed by atoms with Crippen LogP contribution in [0.2, 0.25) is 0 Å². The van der Waals surface area contributed by atoms with Gasteiger partial charge in [-0.3, -0.25) is 19.6 Å². The van der Waals surface area contributed by atoms with Crippen molar-refractivity contribution in [1.29, 1.82) is 0 Å². The lowest BCUT2D eigenvalue weighted by molar-refractivity contribution is -0.385. The minimum atomic E-state index is -0.743. The fourth-order valence-electron chi connectivity index (χ4n) is 1.75. The zero-order valence-electron chi connectivity index (χ0n) is 12.1. The number of nitro groups is 1. The maximum Gasteiger partial charge on any atom is 0.328 e. The number of hydrogen-bond acceptors (Lipinski definition) is 6. The molecule has 0 radical (unpaired) electrons. The van der Waals surface area contributed by atoms with Gasteiger partial charge in [0, 0.05) is 0 Å². The largest absolute Gasteiger partial charge is 0.467 e. The minimum absolute atomic E-state index is 0.195. The second-order valence-electron chi connectivity index (χ2n) is 4.93. The molecule has 9 nitrogen and oxygen atoms in total. The normalized spacial score (nSPS) is 12.0. The van der Waals surface area contributed by atoms with Gasteiger partial charge >= 0.3 is 11.7 Å². The van der Waals surface area contributed by atoms with Crippen LogP contribution in [0, 0.1) is 16.0 Å². The van der Waals surface area contributed by atoms with E-state index in [1.54, 1.807) is 0 Å². The van der Waals surface area contributed by atoms with Gasteiger partial charge in [-0.15, -0.1) is 0 Å². The maximum atomic E-state index is 11.9. The van der Waals surface area contributed by atoms with E-state index < -0.39 is 22.8 Å². The van der Waals surface area contributed by atoms with Crippen molar-refractivity contribution in [3.63, 3.8) is 0 Å². The Bertz CT molecular complexity index is 525. The lowest BCUT2D eigenvalue weighted by atomic mass is 10.0. The van der Waals surface area contributed by atoms with Crippen LogP contribution in [0.15, 0.2) is 12.4 Å². The number of hydrogen-bond donors (Lipinski definition) is 1. The van der Waals surface area contributed by atoms with Gasteiger partial charge in [0.05, 0.1) is 12.0 Å². The molecule has 116 valence electrons. The van der Waals surface area contributed by atoms with E-state index in [1.807, 2.05) is 13.8 Å². The van der Waals surface area contributed by atoms with Gasteiger partial charge in [-0.2, -0.15) is 5.10 Å². The number of ether oxygens (including phenoxy) is 1. The molecule has 0 aliphatic heterocycles. The van der Waals surface area contributed by atoms with E-state index in [0.29, 0.717) is 6.42 Å². The minimum Gasteiger partial charge on any atom is -0.467 e. The molecule has 9 heteroatoms. The molecule has 0 aromatic carbocycles. The number of aromatic nitrogens is 2. The number of nitrogens with zero attached hydrogens (tertiary/aromatic N) is 3. The van der Waals surface area contributed by atoms with Crippen LogP contribution in [-0.4, -0.2) is 39.7 Å². The summed E-state index contributed by atoms with van der Waals surface area (Å²) in [5.74, 6) is -0.798. The van der Waals surface area contributed by atoms with Gasteiger partial charge in [-0.1, -0.05) is 13.8 Å². The molecule has 0 saturated carbocycles. The van der Waals surface area contributed by atoms with E-state index in [-0.39, 0.29) is 18.2 Å². The van der Waals surface area contributed by atoms with E-state index in [1.165, 1.54) is 7.11 Å². The number of methoxy groups -OCH3 is 1. The summed E-state index contributed by atoms with van der Waals surface area (Å²) >= 11 is 0. The molecule has 1 N–H and O–H groups in total. The summed E-state index contributed by atoms with van der Waals surface area (Å²) < 4.78 is 5.77. The van der Waals surface area contributed by atoms with Gasteiger partial charge in [-0.05, 0) is 12.3 Å². The molecule has 0 fully saturated rings. The molecular weight excluding hydrogens is 280 g/mol. The molecule has 0 aliphatic carbocycles. The lowest BCUT2D eigenvalue weighted by Crippen LogP contribution is -2.43. The summed E-state index contributed by atoms with van der Waals surface area (Å²) in [5, 5.41) is 16.8. The Morgan fingerprint density at radius 3 is 2.67 bits per heavy atom. The summed E-state index contributed by atoms with van der Waals surface area (Å²) in [6.45, 7) is 3.62. The topological polar surface area (TPSA) is 116 Å². The first-order chi connectivity index (χ1) is 9.83. The van der Waals surface area contributed by atoms with Gasteiger partial charge in [0.2, 0.25) is 5.91 Å². The predicted octanol–water partition coefficient (Wildman–Crippen LogP) is 0.495. The maximum absolute atomic E-state index is 11.9. The van der Waals surface area contributed by atoms with Crippen LogP contribution in [0.1, 0.15) is 20.3 Å². The molecule has 21 heavy (non-hydrogen) atoms. The van der Waals surface area contributed by atoms with Gasteiger partial charge in [-0.25, -0.2) is 4.79 Å². The Balaban J connectivity index is 2.64. The van der Waals surface area contributed by atoms with Gasteiger partial charge in [0.25, 0.3) is 0 Å². The summed E-state index contributed by atoms with van der Waals surface area (Å²) in [6, 6.07) is -0.743. The van der Waals surface area contributed by atoms with Crippen molar-refractivity contribution < 1.29 is 19.2 Å². The lowest BCUT2D eigenvalue weighted by Gasteiger charge is -2.18. The van der Waals surface area contributed by atoms with Crippen molar-refractivity contribution in [3.8, 4) is 0 Å². The molecule has 0 saturated heterocycles. The molecule has 0 spiro atoms. The van der Waals surface area contributed by atoms with Crippen LogP contribution in [-0.2, 0) is 20.9 Å². The van der Waals surface area contributed by atoms with Crippen molar-refractivity contribution >= 4 is 17.6 Å². The van der Waals surface area contributed by atoms with Crippen LogP contribution >= 0.6 is 0 Å². The van der Waals surface area contributed by atoms with E-state index in [4.69, 9.17) is 0 Å². The van der Waals surface area contributed by atoms with E-state index >= 15 is 0 Å². The summed E-state index contributed by atoms with van der Waals surface area (Å²) in [7, 11) is 1.25. The smallest absolute Gasteiger partial charge is 0.328 e. The zero-order chi connectivity index (χ0) is 16.0. The Morgan fingerprint density at radius 2 is 2.19 bits per heavy atom. The Morgan fingerprint density at radius 1 is 1.52 bits per heavy atom. The summed E-state index contributed by atoms with van der Waals surface area (Å²) in [6.07, 6.45) is 2.64. The molecule has 1 unspecified atom stereocenters. The van der Waals surface area contributed by atoms with Crippen molar-refractivity contribution in [2.24, 2.45) is 5.92 Å². The molecule has 0 aliphatic rings. The van der Waals surface area contributed by atoms with Crippen LogP contribution < -0.4 is 5.32 Å². The number of nitrogens with one attached hydrogen (secondary N) is 1. The molecule has 1 aromatic heterocycles. The fraction of sp³-hybridized carbons (Fsp3) is 0.583. The molecule has 0 bridgehead atoms. The van der Waals surface area contributed by atoms with E-state index in [9.17, 15) is 19.7 Å². The average Bonchev–Trinajstić information content (AvgIpc) is 2.85. The van der Waals surface area contributed by atoms with Crippen LogP contribution in [0.4, 0.5) is 5.69 Å². The van der Waals surface area contributed by atoms with E-state index in [0.717, 1.165) is 17.1 Å². The van der Waals surface area contributed by atoms with Crippen LogP contribution in [0.25, 0.3) is 0 Å². The average molecular weight is 298 g/mol. The third kappa shape index (κ3) is 5.21. The van der Waals surface area contributed by atoms with Crippen molar-refractivity contribution in [2.45, 2.75) is 32.9 Å². The number of carbonyl (C=O) groups is 2. The van der Waals surface area contributed by atoms with Gasteiger partial charge in [0.15, 0.2) is 0 Å². The molecule has 1 rings (SSSR count). The quantitative estimate of drug-likeness (QED) is 0.445. The van der Waals surface area contributed by atoms with Crippen molar-refractivity contribution in [2.75, 3.05) is 7.11 Å². The number of rotatable bonds is 7. The predicted molar refractivity (Wildman–Crippen MR) is 72.3 cm³/mol. The SMILES string of the molecule is COC(=O)C(CC(C)C)NC(=O)Cn1cc([N+](=O)[O-])cn1. The third-order valence-electron chi connectivity index (χ3n) is 2.66. The second kappa shape index (κ2) is 7.36. The number of carbonyl (C=O) groups excluding carboxylic acids is 2. The first kappa shape index (κ1) is 16.6. The van der Waals surface area contributed by atoms with Gasteiger partial charge < -0.3 is 10.1 Å². The molecular formula is C12H18N4O5. The highest BCUT2D eigenvalue weighted by Crippen LogP contribution is 2.08. The second-order valence-corrected chi connectivity index (χ2v) is 4.93. The first-order valence-electron chi connectivity index (χ1n) is 6.37. The number of amides is 1. The highest BCUT2D eigenvalue weighted by atomic mass is 16.6. The van der Waals surface area contributed by atoms with Crippen molar-refractivity contribution in [3.05, 3.63) is 22.5 Å². The monoisotopic (exact) mass is 298 g/mol. The molecule has 1 heterocycles. The van der Waals surface area contributed by atoms with Crippen LogP contribution in [0.3, 0.4) is 0 Å². The Hall–Kier alpha value is -2.45. The summed E-state index contributed by atoms with van der Waals surface area (Å²) in [4.78, 5) is 33.4. The Kier molecular flexibility index (Phi) is 5.82. The summed E-state index contributed by atoms with van der Waals surface area (Å²) in [5.41, 5.74) is -0.200. The van der Waals surface area contributed by atoms with Gasteiger partial charge in [0.1, 0.15) is 25.0 Å². The molecule has 1 aromatic rings. The Labute approximate surface area is 121 Å². The third-order valence-corrected chi connectivity index (χ3v) is 2.66. The molecule has 1 atom stereocenters. The number of esters is 1. The molecule has 1 amide bonds. The first-order valence-corrected chi connectivity index (χ1v) is 6.37. The van der Waals surface area contributed by atoms with E-state index in [2.05, 4.69) is 15.2 Å². The highest BCUT2D eigenvalue weighted by Gasteiger charge is 2.23.